The first-order valence-corrected chi connectivity index (χ1v) is 6.46. The molecule has 19 heavy (non-hydrogen) atoms. The second-order valence-electron chi connectivity index (χ2n) is 4.67. The summed E-state index contributed by atoms with van der Waals surface area (Å²) in [6.45, 7) is 0.286. The van der Waals surface area contributed by atoms with Gasteiger partial charge in [0.2, 0.25) is 0 Å². The first-order chi connectivity index (χ1) is 9.22. The molecule has 3 nitrogen and oxygen atoms in total. The number of methoxy groups -OCH3 is 1. The minimum atomic E-state index is -0.514. The van der Waals surface area contributed by atoms with Crippen molar-refractivity contribution in [3.63, 3.8) is 0 Å². The standard InChI is InChI=1S/C16H19NO2/c1-19-11-15(17)16(18)10-9-13-7-4-6-12-5-2-3-8-14(12)13/h2-8,15H,9-11,17H2,1H3/t15-/m0/s1. The normalized spacial score (nSPS) is 12.5. The summed E-state index contributed by atoms with van der Waals surface area (Å²) in [5.74, 6) is 0.0507. The molecule has 0 aliphatic heterocycles. The van der Waals surface area contributed by atoms with Crippen LogP contribution in [0.3, 0.4) is 0 Å². The molecule has 2 N–H and O–H groups in total. The van der Waals surface area contributed by atoms with Crippen LogP contribution in [0, 0.1) is 0 Å². The van der Waals surface area contributed by atoms with E-state index in [0.717, 1.165) is 6.42 Å². The Balaban J connectivity index is 2.08. The number of ketones is 1. The largest absolute Gasteiger partial charge is 0.383 e. The molecule has 0 heterocycles. The summed E-state index contributed by atoms with van der Waals surface area (Å²) in [7, 11) is 1.55. The van der Waals surface area contributed by atoms with Crippen LogP contribution in [0.25, 0.3) is 10.8 Å². The predicted molar refractivity (Wildman–Crippen MR) is 77.1 cm³/mol. The van der Waals surface area contributed by atoms with Crippen LogP contribution in [0.15, 0.2) is 42.5 Å². The molecular weight excluding hydrogens is 238 g/mol. The van der Waals surface area contributed by atoms with Crippen molar-refractivity contribution in [2.24, 2.45) is 5.73 Å². The molecule has 3 heteroatoms. The number of rotatable bonds is 6. The van der Waals surface area contributed by atoms with Crippen molar-refractivity contribution < 1.29 is 9.53 Å². The van der Waals surface area contributed by atoms with Gasteiger partial charge in [0.05, 0.1) is 12.6 Å². The van der Waals surface area contributed by atoms with Gasteiger partial charge in [0.25, 0.3) is 0 Å². The summed E-state index contributed by atoms with van der Waals surface area (Å²) in [5.41, 5.74) is 6.92. The predicted octanol–water partition coefficient (Wildman–Crippen LogP) is 2.32. The zero-order valence-corrected chi connectivity index (χ0v) is 11.1. The Kier molecular flexibility index (Phi) is 4.66. The van der Waals surface area contributed by atoms with E-state index in [1.807, 2.05) is 18.2 Å². The van der Waals surface area contributed by atoms with Crippen LogP contribution in [-0.4, -0.2) is 25.5 Å². The first-order valence-electron chi connectivity index (χ1n) is 6.46. The van der Waals surface area contributed by atoms with Crippen molar-refractivity contribution in [3.8, 4) is 0 Å². The summed E-state index contributed by atoms with van der Waals surface area (Å²) < 4.78 is 4.90. The molecule has 0 unspecified atom stereocenters. The van der Waals surface area contributed by atoms with Crippen LogP contribution >= 0.6 is 0 Å². The lowest BCUT2D eigenvalue weighted by molar-refractivity contribution is -0.121. The molecule has 0 aromatic heterocycles. The zero-order valence-electron chi connectivity index (χ0n) is 11.1. The van der Waals surface area contributed by atoms with E-state index in [1.165, 1.54) is 16.3 Å². The van der Waals surface area contributed by atoms with Crippen LogP contribution in [-0.2, 0) is 16.0 Å². The van der Waals surface area contributed by atoms with E-state index in [1.54, 1.807) is 7.11 Å². The molecule has 0 bridgehead atoms. The topological polar surface area (TPSA) is 52.3 Å². The lowest BCUT2D eigenvalue weighted by Gasteiger charge is -2.10. The summed E-state index contributed by atoms with van der Waals surface area (Å²) in [5, 5.41) is 2.41. The number of carbonyl (C=O) groups excluding carboxylic acids is 1. The number of hydrogen-bond acceptors (Lipinski definition) is 3. The summed E-state index contributed by atoms with van der Waals surface area (Å²) in [6.07, 6.45) is 1.18. The van der Waals surface area contributed by atoms with Crippen LogP contribution in [0.1, 0.15) is 12.0 Å². The smallest absolute Gasteiger partial charge is 0.152 e. The molecule has 0 fully saturated rings. The first kappa shape index (κ1) is 13.7. The highest BCUT2D eigenvalue weighted by Gasteiger charge is 2.13. The fourth-order valence-corrected chi connectivity index (χ4v) is 2.23. The van der Waals surface area contributed by atoms with Crippen molar-refractivity contribution in [3.05, 3.63) is 48.0 Å². The Morgan fingerprint density at radius 3 is 2.74 bits per heavy atom. The minimum absolute atomic E-state index is 0.0507. The van der Waals surface area contributed by atoms with E-state index < -0.39 is 6.04 Å². The number of fused-ring (bicyclic) bond motifs is 1. The average molecular weight is 257 g/mol. The maximum Gasteiger partial charge on any atom is 0.152 e. The third-order valence-electron chi connectivity index (χ3n) is 3.28. The van der Waals surface area contributed by atoms with Crippen molar-refractivity contribution in [2.75, 3.05) is 13.7 Å². The Morgan fingerprint density at radius 1 is 1.21 bits per heavy atom. The zero-order chi connectivity index (χ0) is 13.7. The molecule has 100 valence electrons. The lowest BCUT2D eigenvalue weighted by atomic mass is 9.98. The Hall–Kier alpha value is -1.71. The Morgan fingerprint density at radius 2 is 1.95 bits per heavy atom. The number of Topliss-reactive ketones (excluding diaryl/α,β-unsaturated/α-hetero) is 1. The average Bonchev–Trinajstić information content (AvgIpc) is 2.45. The summed E-state index contributed by atoms with van der Waals surface area (Å²) in [6, 6.07) is 13.9. The highest BCUT2D eigenvalue weighted by atomic mass is 16.5. The van der Waals surface area contributed by atoms with Gasteiger partial charge in [-0.15, -0.1) is 0 Å². The van der Waals surface area contributed by atoms with Gasteiger partial charge >= 0.3 is 0 Å². The van der Waals surface area contributed by atoms with Gasteiger partial charge in [-0.25, -0.2) is 0 Å². The number of carbonyl (C=O) groups is 1. The van der Waals surface area contributed by atoms with Crippen molar-refractivity contribution in [1.29, 1.82) is 0 Å². The molecule has 0 radical (unpaired) electrons. The number of hydrogen-bond donors (Lipinski definition) is 1. The number of ether oxygens (including phenoxy) is 1. The molecule has 0 aliphatic rings. The van der Waals surface area contributed by atoms with Gasteiger partial charge in [-0.05, 0) is 22.8 Å². The fourth-order valence-electron chi connectivity index (χ4n) is 2.23. The van der Waals surface area contributed by atoms with E-state index in [-0.39, 0.29) is 12.4 Å². The molecule has 0 amide bonds. The van der Waals surface area contributed by atoms with Crippen molar-refractivity contribution in [2.45, 2.75) is 18.9 Å². The molecule has 0 saturated carbocycles. The second-order valence-corrected chi connectivity index (χ2v) is 4.67. The maximum atomic E-state index is 11.8. The molecule has 0 spiro atoms. The lowest BCUT2D eigenvalue weighted by Crippen LogP contribution is -2.34. The molecule has 2 rings (SSSR count). The highest BCUT2D eigenvalue weighted by molar-refractivity contribution is 5.87. The second kappa shape index (κ2) is 6.45. The number of aryl methyl sites for hydroxylation is 1. The van der Waals surface area contributed by atoms with Crippen LogP contribution < -0.4 is 5.73 Å². The highest BCUT2D eigenvalue weighted by Crippen LogP contribution is 2.19. The summed E-state index contributed by atoms with van der Waals surface area (Å²) in [4.78, 5) is 11.8. The van der Waals surface area contributed by atoms with E-state index in [9.17, 15) is 4.79 Å². The summed E-state index contributed by atoms with van der Waals surface area (Å²) >= 11 is 0. The third kappa shape index (κ3) is 3.40. The molecular formula is C16H19NO2. The van der Waals surface area contributed by atoms with E-state index >= 15 is 0 Å². The third-order valence-corrected chi connectivity index (χ3v) is 3.28. The van der Waals surface area contributed by atoms with Gasteiger partial charge in [-0.2, -0.15) is 0 Å². The van der Waals surface area contributed by atoms with Gasteiger partial charge in [-0.3, -0.25) is 4.79 Å². The molecule has 0 saturated heterocycles. The van der Waals surface area contributed by atoms with Gasteiger partial charge in [0.1, 0.15) is 0 Å². The molecule has 0 aliphatic carbocycles. The van der Waals surface area contributed by atoms with E-state index in [4.69, 9.17) is 10.5 Å². The van der Waals surface area contributed by atoms with Crippen LogP contribution in [0.4, 0.5) is 0 Å². The SMILES string of the molecule is COC[C@H](N)C(=O)CCc1cccc2ccccc12. The maximum absolute atomic E-state index is 11.8. The van der Waals surface area contributed by atoms with Gasteiger partial charge in [0, 0.05) is 13.5 Å². The fraction of sp³-hybridized carbons (Fsp3) is 0.312. The number of nitrogens with two attached hydrogens (primary N) is 1. The molecule has 2 aromatic carbocycles. The van der Waals surface area contributed by atoms with E-state index in [2.05, 4.69) is 24.3 Å². The van der Waals surface area contributed by atoms with Gasteiger partial charge < -0.3 is 10.5 Å². The molecule has 2 aromatic rings. The molecule has 1 atom stereocenters. The Bertz CT molecular complexity index is 560. The van der Waals surface area contributed by atoms with Crippen LogP contribution in [0.5, 0.6) is 0 Å². The van der Waals surface area contributed by atoms with Crippen molar-refractivity contribution in [1.82, 2.24) is 0 Å². The minimum Gasteiger partial charge on any atom is -0.383 e. The van der Waals surface area contributed by atoms with Crippen LogP contribution in [0.2, 0.25) is 0 Å². The Labute approximate surface area is 113 Å². The van der Waals surface area contributed by atoms with E-state index in [0.29, 0.717) is 6.42 Å². The van der Waals surface area contributed by atoms with Crippen molar-refractivity contribution >= 4 is 16.6 Å². The van der Waals surface area contributed by atoms with Gasteiger partial charge in [-0.1, -0.05) is 42.5 Å². The monoisotopic (exact) mass is 257 g/mol. The van der Waals surface area contributed by atoms with Gasteiger partial charge in [0.15, 0.2) is 5.78 Å². The number of benzene rings is 2. The quantitative estimate of drug-likeness (QED) is 0.864.